The Bertz CT molecular complexity index is 431. The molecule has 0 aliphatic rings. The number of carboxylic acids is 1. The van der Waals surface area contributed by atoms with E-state index in [0.717, 1.165) is 24.8 Å². The number of hydrogen-bond donors (Lipinski definition) is 1. The lowest BCUT2D eigenvalue weighted by atomic mass is 10.2. The number of fused-ring (bicyclic) bond motifs is 1. The van der Waals surface area contributed by atoms with E-state index in [0.29, 0.717) is 6.42 Å². The standard InChI is InChI=1S/C9H7N.C7H14O2/c1-2-6-9-8(4-1)5-3-7-10-9;1-2-3-4-5-6-7(8)9/h1-7H;2-6H2,1H3,(H,8,9). The zero-order chi connectivity index (χ0) is 13.9. The minimum atomic E-state index is -0.675. The summed E-state index contributed by atoms with van der Waals surface area (Å²) >= 11 is 0. The number of benzene rings is 1. The maximum atomic E-state index is 9.96. The summed E-state index contributed by atoms with van der Waals surface area (Å²) in [7, 11) is 0. The Hall–Kier alpha value is -1.90. The predicted molar refractivity (Wildman–Crippen MR) is 78.1 cm³/mol. The van der Waals surface area contributed by atoms with E-state index in [1.807, 2.05) is 30.5 Å². The van der Waals surface area contributed by atoms with Gasteiger partial charge in [-0.3, -0.25) is 9.78 Å². The smallest absolute Gasteiger partial charge is 0.303 e. The van der Waals surface area contributed by atoms with Gasteiger partial charge in [-0.05, 0) is 18.6 Å². The summed E-state index contributed by atoms with van der Waals surface area (Å²) in [6, 6.07) is 12.1. The topological polar surface area (TPSA) is 50.2 Å². The molecular formula is C16H21NO2. The summed E-state index contributed by atoms with van der Waals surface area (Å²) in [5.41, 5.74) is 1.06. The molecule has 0 radical (unpaired) electrons. The number of para-hydroxylation sites is 1. The third kappa shape index (κ3) is 6.55. The average molecular weight is 259 g/mol. The van der Waals surface area contributed by atoms with Crippen molar-refractivity contribution in [2.75, 3.05) is 0 Å². The minimum absolute atomic E-state index is 0.333. The SMILES string of the molecule is CCCCCCC(=O)O.c1ccc2ncccc2c1. The monoisotopic (exact) mass is 259 g/mol. The second kappa shape index (κ2) is 9.09. The minimum Gasteiger partial charge on any atom is -0.481 e. The lowest BCUT2D eigenvalue weighted by molar-refractivity contribution is -0.137. The number of carbonyl (C=O) groups is 1. The quantitative estimate of drug-likeness (QED) is 0.815. The van der Waals surface area contributed by atoms with E-state index in [9.17, 15) is 4.79 Å². The van der Waals surface area contributed by atoms with Gasteiger partial charge in [-0.1, -0.05) is 50.5 Å². The van der Waals surface area contributed by atoms with Crippen LogP contribution in [0, 0.1) is 0 Å². The summed E-state index contributed by atoms with van der Waals surface area (Å²) in [6.45, 7) is 2.11. The van der Waals surface area contributed by atoms with Crippen LogP contribution in [0.5, 0.6) is 0 Å². The first-order valence-electron chi connectivity index (χ1n) is 6.75. The lowest BCUT2D eigenvalue weighted by Crippen LogP contribution is -1.92. The first kappa shape index (κ1) is 15.2. The van der Waals surface area contributed by atoms with Crippen molar-refractivity contribution in [2.24, 2.45) is 0 Å². The molecule has 102 valence electrons. The molecule has 2 rings (SSSR count). The van der Waals surface area contributed by atoms with Crippen LogP contribution in [-0.4, -0.2) is 16.1 Å². The van der Waals surface area contributed by atoms with Gasteiger partial charge in [0.25, 0.3) is 0 Å². The van der Waals surface area contributed by atoms with Crippen molar-refractivity contribution in [3.8, 4) is 0 Å². The molecule has 0 aliphatic heterocycles. The van der Waals surface area contributed by atoms with Gasteiger partial charge in [0.15, 0.2) is 0 Å². The molecule has 3 heteroatoms. The number of rotatable bonds is 5. The van der Waals surface area contributed by atoms with Crippen LogP contribution in [0.3, 0.4) is 0 Å². The molecule has 1 N–H and O–H groups in total. The van der Waals surface area contributed by atoms with Crippen LogP contribution in [0.1, 0.15) is 39.0 Å². The van der Waals surface area contributed by atoms with E-state index < -0.39 is 5.97 Å². The van der Waals surface area contributed by atoms with Gasteiger partial charge in [0.2, 0.25) is 0 Å². The number of aliphatic carboxylic acids is 1. The Labute approximate surface area is 114 Å². The highest BCUT2D eigenvalue weighted by Gasteiger charge is 1.94. The van der Waals surface area contributed by atoms with Crippen LogP contribution in [0.15, 0.2) is 42.6 Å². The Balaban J connectivity index is 0.000000192. The van der Waals surface area contributed by atoms with Crippen LogP contribution in [-0.2, 0) is 4.79 Å². The first-order valence-corrected chi connectivity index (χ1v) is 6.75. The highest BCUT2D eigenvalue weighted by molar-refractivity contribution is 5.77. The van der Waals surface area contributed by atoms with Gasteiger partial charge in [-0.25, -0.2) is 0 Å². The average Bonchev–Trinajstić information content (AvgIpc) is 2.44. The van der Waals surface area contributed by atoms with Crippen LogP contribution in [0.2, 0.25) is 0 Å². The molecule has 1 heterocycles. The highest BCUT2D eigenvalue weighted by atomic mass is 16.4. The molecule has 0 aliphatic carbocycles. The Morgan fingerprint density at radius 1 is 1.11 bits per heavy atom. The zero-order valence-electron chi connectivity index (χ0n) is 11.4. The largest absolute Gasteiger partial charge is 0.481 e. The first-order chi connectivity index (χ1) is 9.24. The van der Waals surface area contributed by atoms with E-state index >= 15 is 0 Å². The van der Waals surface area contributed by atoms with Crippen molar-refractivity contribution in [1.82, 2.24) is 4.98 Å². The van der Waals surface area contributed by atoms with Crippen LogP contribution in [0.4, 0.5) is 0 Å². The van der Waals surface area contributed by atoms with Crippen molar-refractivity contribution in [1.29, 1.82) is 0 Å². The second-order valence-corrected chi connectivity index (χ2v) is 4.40. The number of aromatic nitrogens is 1. The maximum absolute atomic E-state index is 9.96. The molecule has 0 atom stereocenters. The molecular weight excluding hydrogens is 238 g/mol. The van der Waals surface area contributed by atoms with Crippen molar-refractivity contribution in [3.05, 3.63) is 42.6 Å². The van der Waals surface area contributed by atoms with E-state index in [4.69, 9.17) is 5.11 Å². The van der Waals surface area contributed by atoms with Crippen LogP contribution >= 0.6 is 0 Å². The van der Waals surface area contributed by atoms with Crippen molar-refractivity contribution in [3.63, 3.8) is 0 Å². The molecule has 3 nitrogen and oxygen atoms in total. The molecule has 0 unspecified atom stereocenters. The van der Waals surface area contributed by atoms with Crippen molar-refractivity contribution in [2.45, 2.75) is 39.0 Å². The molecule has 0 bridgehead atoms. The molecule has 1 aromatic heterocycles. The van der Waals surface area contributed by atoms with E-state index in [2.05, 4.69) is 24.0 Å². The molecule has 0 saturated carbocycles. The van der Waals surface area contributed by atoms with Gasteiger partial charge < -0.3 is 5.11 Å². The summed E-state index contributed by atoms with van der Waals surface area (Å²) in [5, 5.41) is 9.41. The summed E-state index contributed by atoms with van der Waals surface area (Å²) < 4.78 is 0. The van der Waals surface area contributed by atoms with E-state index in [1.165, 1.54) is 11.8 Å². The zero-order valence-corrected chi connectivity index (χ0v) is 11.4. The normalized spacial score (nSPS) is 9.74. The molecule has 0 saturated heterocycles. The summed E-state index contributed by atoms with van der Waals surface area (Å²) in [5.74, 6) is -0.675. The van der Waals surface area contributed by atoms with Crippen LogP contribution in [0.25, 0.3) is 10.9 Å². The summed E-state index contributed by atoms with van der Waals surface area (Å²) in [6.07, 6.45) is 6.36. The fourth-order valence-corrected chi connectivity index (χ4v) is 1.72. The third-order valence-corrected chi connectivity index (χ3v) is 2.76. The predicted octanol–water partition coefficient (Wildman–Crippen LogP) is 4.28. The fourth-order valence-electron chi connectivity index (χ4n) is 1.72. The Morgan fingerprint density at radius 3 is 2.53 bits per heavy atom. The summed E-state index contributed by atoms with van der Waals surface area (Å²) in [4.78, 5) is 14.1. The maximum Gasteiger partial charge on any atom is 0.303 e. The van der Waals surface area contributed by atoms with Gasteiger partial charge in [-0.2, -0.15) is 0 Å². The number of nitrogens with zero attached hydrogens (tertiary/aromatic N) is 1. The van der Waals surface area contributed by atoms with Crippen molar-refractivity contribution >= 4 is 16.9 Å². The Morgan fingerprint density at radius 2 is 1.84 bits per heavy atom. The molecule has 2 aromatic rings. The highest BCUT2D eigenvalue weighted by Crippen LogP contribution is 2.07. The Kier molecular flexibility index (Phi) is 7.25. The van der Waals surface area contributed by atoms with Crippen molar-refractivity contribution < 1.29 is 9.90 Å². The third-order valence-electron chi connectivity index (χ3n) is 2.76. The number of hydrogen-bond acceptors (Lipinski definition) is 2. The van der Waals surface area contributed by atoms with Gasteiger partial charge >= 0.3 is 5.97 Å². The molecule has 19 heavy (non-hydrogen) atoms. The lowest BCUT2D eigenvalue weighted by Gasteiger charge is -1.92. The molecule has 0 fully saturated rings. The fraction of sp³-hybridized carbons (Fsp3) is 0.375. The van der Waals surface area contributed by atoms with Gasteiger partial charge in [0.05, 0.1) is 5.52 Å². The van der Waals surface area contributed by atoms with E-state index in [1.54, 1.807) is 0 Å². The van der Waals surface area contributed by atoms with Gasteiger partial charge in [0.1, 0.15) is 0 Å². The molecule has 0 spiro atoms. The van der Waals surface area contributed by atoms with Crippen LogP contribution < -0.4 is 0 Å². The number of pyridine rings is 1. The van der Waals surface area contributed by atoms with Gasteiger partial charge in [-0.15, -0.1) is 0 Å². The second-order valence-electron chi connectivity index (χ2n) is 4.40. The van der Waals surface area contributed by atoms with Gasteiger partial charge in [0, 0.05) is 18.0 Å². The number of carboxylic acid groups (broad SMARTS) is 1. The number of unbranched alkanes of at least 4 members (excludes halogenated alkanes) is 3. The van der Waals surface area contributed by atoms with E-state index in [-0.39, 0.29) is 0 Å². The molecule has 1 aromatic carbocycles. The molecule has 0 amide bonds.